The van der Waals surface area contributed by atoms with Crippen LogP contribution in [0.25, 0.3) is 0 Å². The van der Waals surface area contributed by atoms with Crippen LogP contribution in [0.15, 0.2) is 12.1 Å². The summed E-state index contributed by atoms with van der Waals surface area (Å²) in [6.07, 6.45) is 0.481. The summed E-state index contributed by atoms with van der Waals surface area (Å²) >= 11 is 0. The Morgan fingerprint density at radius 2 is 2.23 bits per heavy atom. The number of amides is 2. The average Bonchev–Trinajstić information content (AvgIpc) is 2.83. The highest BCUT2D eigenvalue weighted by atomic mass is 16.5. The number of hydrogen-bond acceptors (Lipinski definition) is 4. The molecular formula is C16H23N3O3. The summed E-state index contributed by atoms with van der Waals surface area (Å²) in [5, 5.41) is 2.91. The Morgan fingerprint density at radius 1 is 1.45 bits per heavy atom. The number of rotatable bonds is 6. The normalized spacial score (nSPS) is 17.9. The number of methoxy groups -OCH3 is 1. The fraction of sp³-hybridized carbons (Fsp3) is 0.562. The number of ether oxygens (including phenoxy) is 1. The van der Waals surface area contributed by atoms with Gasteiger partial charge in [0.2, 0.25) is 5.91 Å². The van der Waals surface area contributed by atoms with Gasteiger partial charge in [0.15, 0.2) is 0 Å². The maximum absolute atomic E-state index is 12.2. The van der Waals surface area contributed by atoms with E-state index < -0.39 is 0 Å². The van der Waals surface area contributed by atoms with E-state index in [0.717, 1.165) is 11.4 Å². The molecule has 0 bridgehead atoms. The minimum Gasteiger partial charge on any atom is -0.383 e. The van der Waals surface area contributed by atoms with E-state index in [-0.39, 0.29) is 17.7 Å². The second-order valence-electron chi connectivity index (χ2n) is 5.70. The van der Waals surface area contributed by atoms with Crippen molar-refractivity contribution in [3.05, 3.63) is 29.1 Å². The largest absolute Gasteiger partial charge is 0.383 e. The first-order valence-corrected chi connectivity index (χ1v) is 7.50. The van der Waals surface area contributed by atoms with E-state index in [4.69, 9.17) is 4.74 Å². The van der Waals surface area contributed by atoms with E-state index in [1.165, 1.54) is 0 Å². The predicted molar refractivity (Wildman–Crippen MR) is 82.6 cm³/mol. The van der Waals surface area contributed by atoms with E-state index in [2.05, 4.69) is 10.3 Å². The number of carbonyl (C=O) groups is 2. The van der Waals surface area contributed by atoms with Gasteiger partial charge in [0, 0.05) is 44.8 Å². The van der Waals surface area contributed by atoms with E-state index in [1.54, 1.807) is 18.1 Å². The molecule has 0 aromatic carbocycles. The van der Waals surface area contributed by atoms with Crippen molar-refractivity contribution in [2.24, 2.45) is 5.92 Å². The molecule has 0 aliphatic carbocycles. The molecule has 1 N–H and O–H groups in total. The van der Waals surface area contributed by atoms with Gasteiger partial charge in [-0.3, -0.25) is 14.6 Å². The lowest BCUT2D eigenvalue weighted by atomic mass is 10.1. The summed E-state index contributed by atoms with van der Waals surface area (Å²) in [6, 6.07) is 3.62. The Balaban J connectivity index is 1.85. The van der Waals surface area contributed by atoms with Crippen LogP contribution in [0.4, 0.5) is 0 Å². The molecule has 1 aromatic heterocycles. The van der Waals surface area contributed by atoms with Gasteiger partial charge in [0.05, 0.1) is 17.9 Å². The summed E-state index contributed by atoms with van der Waals surface area (Å²) in [6.45, 7) is 6.05. The van der Waals surface area contributed by atoms with Gasteiger partial charge in [-0.1, -0.05) is 0 Å². The number of nitrogens with one attached hydrogen (secondary N) is 1. The zero-order chi connectivity index (χ0) is 16.1. The maximum atomic E-state index is 12.2. The number of likely N-dealkylation sites (tertiary alicyclic amines) is 1. The molecule has 1 saturated heterocycles. The molecule has 120 valence electrons. The maximum Gasteiger partial charge on any atom is 0.253 e. The third kappa shape index (κ3) is 4.04. The first-order valence-electron chi connectivity index (χ1n) is 7.50. The number of carbonyl (C=O) groups excluding carboxylic acids is 2. The minimum absolute atomic E-state index is 0.129. The molecule has 1 aliphatic heterocycles. The second-order valence-corrected chi connectivity index (χ2v) is 5.70. The lowest BCUT2D eigenvalue weighted by molar-refractivity contribution is -0.128. The molecule has 2 amide bonds. The highest BCUT2D eigenvalue weighted by Gasteiger charge is 2.29. The fourth-order valence-corrected chi connectivity index (χ4v) is 2.67. The van der Waals surface area contributed by atoms with Gasteiger partial charge in [-0.15, -0.1) is 0 Å². The molecule has 2 rings (SSSR count). The molecular weight excluding hydrogens is 282 g/mol. The van der Waals surface area contributed by atoms with E-state index in [1.807, 2.05) is 19.9 Å². The Hall–Kier alpha value is -1.95. The Bertz CT molecular complexity index is 560. The molecule has 6 nitrogen and oxygen atoms in total. The number of aromatic nitrogens is 1. The fourth-order valence-electron chi connectivity index (χ4n) is 2.67. The summed E-state index contributed by atoms with van der Waals surface area (Å²) in [5.74, 6) is 0.157. The number of nitrogens with zero attached hydrogens (tertiary/aromatic N) is 2. The van der Waals surface area contributed by atoms with Crippen molar-refractivity contribution in [2.75, 3.05) is 33.4 Å². The highest BCUT2D eigenvalue weighted by Crippen LogP contribution is 2.17. The molecule has 1 unspecified atom stereocenters. The van der Waals surface area contributed by atoms with Crippen molar-refractivity contribution in [1.29, 1.82) is 0 Å². The second kappa shape index (κ2) is 7.35. The molecule has 2 heterocycles. The molecule has 0 radical (unpaired) electrons. The molecule has 0 saturated carbocycles. The van der Waals surface area contributed by atoms with Gasteiger partial charge in [0.25, 0.3) is 5.91 Å². The van der Waals surface area contributed by atoms with Crippen molar-refractivity contribution in [1.82, 2.24) is 15.2 Å². The van der Waals surface area contributed by atoms with Crippen LogP contribution in [0, 0.1) is 19.8 Å². The number of pyridine rings is 1. The smallest absolute Gasteiger partial charge is 0.253 e. The van der Waals surface area contributed by atoms with Crippen molar-refractivity contribution in [3.63, 3.8) is 0 Å². The van der Waals surface area contributed by atoms with Crippen LogP contribution in [0.1, 0.15) is 28.2 Å². The Morgan fingerprint density at radius 3 is 2.91 bits per heavy atom. The molecule has 1 aromatic rings. The number of aryl methyl sites for hydroxylation is 2. The van der Waals surface area contributed by atoms with Crippen LogP contribution in [0.5, 0.6) is 0 Å². The lowest BCUT2D eigenvalue weighted by Crippen LogP contribution is -2.32. The number of hydrogen-bond donors (Lipinski definition) is 1. The van der Waals surface area contributed by atoms with Gasteiger partial charge in [-0.2, -0.15) is 0 Å². The molecule has 0 spiro atoms. The molecule has 1 atom stereocenters. The standard InChI is InChI=1S/C16H23N3O3/c1-11-4-5-14(12(2)18-11)16(21)17-9-13-8-15(20)19(10-13)6-7-22-3/h4-5,13H,6-10H2,1-3H3,(H,17,21). The van der Waals surface area contributed by atoms with E-state index in [0.29, 0.717) is 38.2 Å². The molecule has 6 heteroatoms. The average molecular weight is 305 g/mol. The van der Waals surface area contributed by atoms with Crippen LogP contribution < -0.4 is 5.32 Å². The van der Waals surface area contributed by atoms with Gasteiger partial charge >= 0.3 is 0 Å². The third-order valence-corrected chi connectivity index (χ3v) is 3.88. The van der Waals surface area contributed by atoms with Crippen molar-refractivity contribution in [3.8, 4) is 0 Å². The lowest BCUT2D eigenvalue weighted by Gasteiger charge is -2.16. The summed E-state index contributed by atoms with van der Waals surface area (Å²) in [4.78, 5) is 30.1. The minimum atomic E-state index is -0.132. The first kappa shape index (κ1) is 16.4. The van der Waals surface area contributed by atoms with Gasteiger partial charge in [-0.05, 0) is 26.0 Å². The Labute approximate surface area is 130 Å². The monoisotopic (exact) mass is 305 g/mol. The summed E-state index contributed by atoms with van der Waals surface area (Å²) in [7, 11) is 1.62. The van der Waals surface area contributed by atoms with Gasteiger partial charge in [0.1, 0.15) is 0 Å². The van der Waals surface area contributed by atoms with Crippen molar-refractivity contribution in [2.45, 2.75) is 20.3 Å². The van der Waals surface area contributed by atoms with Crippen LogP contribution in [0.2, 0.25) is 0 Å². The van der Waals surface area contributed by atoms with Gasteiger partial charge < -0.3 is 15.0 Å². The van der Waals surface area contributed by atoms with Crippen molar-refractivity contribution >= 4 is 11.8 Å². The zero-order valence-electron chi connectivity index (χ0n) is 13.4. The highest BCUT2D eigenvalue weighted by molar-refractivity contribution is 5.95. The molecule has 1 aliphatic rings. The molecule has 1 fully saturated rings. The van der Waals surface area contributed by atoms with Crippen LogP contribution in [0.3, 0.4) is 0 Å². The summed E-state index contributed by atoms with van der Waals surface area (Å²) < 4.78 is 5.00. The van der Waals surface area contributed by atoms with Crippen molar-refractivity contribution < 1.29 is 14.3 Å². The Kier molecular flexibility index (Phi) is 5.49. The van der Waals surface area contributed by atoms with Gasteiger partial charge in [-0.25, -0.2) is 0 Å². The molecule has 22 heavy (non-hydrogen) atoms. The third-order valence-electron chi connectivity index (χ3n) is 3.88. The summed E-state index contributed by atoms with van der Waals surface area (Å²) in [5.41, 5.74) is 2.21. The van der Waals surface area contributed by atoms with Crippen LogP contribution in [-0.4, -0.2) is 55.0 Å². The topological polar surface area (TPSA) is 71.5 Å². The first-order chi connectivity index (χ1) is 10.5. The SMILES string of the molecule is COCCN1CC(CNC(=O)c2ccc(C)nc2C)CC1=O. The quantitative estimate of drug-likeness (QED) is 0.848. The zero-order valence-corrected chi connectivity index (χ0v) is 13.4. The van der Waals surface area contributed by atoms with Crippen LogP contribution >= 0.6 is 0 Å². The van der Waals surface area contributed by atoms with E-state index in [9.17, 15) is 9.59 Å². The van der Waals surface area contributed by atoms with Crippen LogP contribution in [-0.2, 0) is 9.53 Å². The van der Waals surface area contributed by atoms with E-state index >= 15 is 0 Å². The predicted octanol–water partition coefficient (Wildman–Crippen LogP) is 0.923.